The molecule has 0 fully saturated rings. The number of hydrogen-bond acceptors (Lipinski definition) is 4. The number of carbonyl (C=O) groups is 1. The number of nitrogens with zero attached hydrogens (tertiary/aromatic N) is 3. The second-order valence-corrected chi connectivity index (χ2v) is 7.39. The Morgan fingerprint density at radius 1 is 1.24 bits per heavy atom. The normalized spacial score (nSPS) is 11.8. The SMILES string of the molecule is CN=C(NCCCNC(=O)OC(C)(C)C)NCc1ccc(-n2ccnc2)c(F)c1. The molecule has 0 spiro atoms. The van der Waals surface area contributed by atoms with E-state index in [1.165, 1.54) is 6.07 Å². The van der Waals surface area contributed by atoms with E-state index in [1.807, 2.05) is 26.8 Å². The number of halogens is 1. The first kappa shape index (κ1) is 22.2. The highest BCUT2D eigenvalue weighted by molar-refractivity contribution is 5.79. The zero-order valence-corrected chi connectivity index (χ0v) is 17.3. The lowest BCUT2D eigenvalue weighted by Crippen LogP contribution is -2.39. The number of amides is 1. The third-order valence-electron chi connectivity index (χ3n) is 3.79. The van der Waals surface area contributed by atoms with Gasteiger partial charge in [0.2, 0.25) is 0 Å². The highest BCUT2D eigenvalue weighted by Gasteiger charge is 2.15. The Bertz CT molecular complexity index is 815. The molecule has 0 unspecified atom stereocenters. The average molecular weight is 404 g/mol. The van der Waals surface area contributed by atoms with Crippen molar-refractivity contribution in [3.05, 3.63) is 48.3 Å². The maximum atomic E-state index is 14.3. The Morgan fingerprint density at radius 3 is 2.62 bits per heavy atom. The maximum absolute atomic E-state index is 14.3. The molecule has 1 amide bonds. The molecule has 0 aliphatic heterocycles. The summed E-state index contributed by atoms with van der Waals surface area (Å²) in [4.78, 5) is 19.6. The van der Waals surface area contributed by atoms with Gasteiger partial charge in [-0.1, -0.05) is 6.07 Å². The molecule has 1 heterocycles. The Kier molecular flexibility index (Phi) is 7.99. The molecule has 2 aromatic rings. The second kappa shape index (κ2) is 10.4. The van der Waals surface area contributed by atoms with Crippen LogP contribution in [-0.4, -0.2) is 47.3 Å². The summed E-state index contributed by atoms with van der Waals surface area (Å²) < 4.78 is 21.1. The summed E-state index contributed by atoms with van der Waals surface area (Å²) in [5, 5.41) is 8.99. The van der Waals surface area contributed by atoms with Gasteiger partial charge >= 0.3 is 6.09 Å². The highest BCUT2D eigenvalue weighted by Crippen LogP contribution is 2.14. The lowest BCUT2D eigenvalue weighted by Gasteiger charge is -2.19. The van der Waals surface area contributed by atoms with E-state index in [1.54, 1.807) is 36.4 Å². The number of aliphatic imine (C=N–C) groups is 1. The number of guanidine groups is 1. The standard InChI is InChI=1S/C20H29FN6O2/c1-20(2,3)29-19(28)25-9-5-8-24-18(22-4)26-13-15-6-7-17(16(21)12-15)27-11-10-23-14-27/h6-7,10-12,14H,5,8-9,13H2,1-4H3,(H,25,28)(H2,22,24,26). The Labute approximate surface area is 170 Å². The van der Waals surface area contributed by atoms with Crippen molar-refractivity contribution in [3.63, 3.8) is 0 Å². The number of hydrogen-bond donors (Lipinski definition) is 3. The van der Waals surface area contributed by atoms with Gasteiger partial charge in [0.05, 0.1) is 12.0 Å². The lowest BCUT2D eigenvalue weighted by atomic mass is 10.2. The van der Waals surface area contributed by atoms with Crippen LogP contribution in [0, 0.1) is 5.82 Å². The van der Waals surface area contributed by atoms with E-state index >= 15 is 0 Å². The van der Waals surface area contributed by atoms with Crippen molar-refractivity contribution >= 4 is 12.1 Å². The summed E-state index contributed by atoms with van der Waals surface area (Å²) in [6.07, 6.45) is 5.13. The van der Waals surface area contributed by atoms with Gasteiger partial charge in [0.25, 0.3) is 0 Å². The van der Waals surface area contributed by atoms with Crippen LogP contribution < -0.4 is 16.0 Å². The van der Waals surface area contributed by atoms with Crippen LogP contribution in [0.15, 0.2) is 41.9 Å². The van der Waals surface area contributed by atoms with Crippen LogP contribution in [-0.2, 0) is 11.3 Å². The molecule has 0 bridgehead atoms. The highest BCUT2D eigenvalue weighted by atomic mass is 19.1. The van der Waals surface area contributed by atoms with E-state index in [4.69, 9.17) is 4.74 Å². The first-order chi connectivity index (χ1) is 13.8. The molecule has 0 saturated heterocycles. The monoisotopic (exact) mass is 404 g/mol. The molecule has 0 aliphatic carbocycles. The predicted molar refractivity (Wildman–Crippen MR) is 111 cm³/mol. The van der Waals surface area contributed by atoms with Crippen LogP contribution in [0.25, 0.3) is 5.69 Å². The van der Waals surface area contributed by atoms with Gasteiger partial charge in [-0.15, -0.1) is 0 Å². The van der Waals surface area contributed by atoms with Crippen molar-refractivity contribution in [1.29, 1.82) is 0 Å². The molecule has 0 radical (unpaired) electrons. The van der Waals surface area contributed by atoms with Gasteiger partial charge in [-0.3, -0.25) is 4.99 Å². The first-order valence-corrected chi connectivity index (χ1v) is 9.46. The molecule has 1 aromatic heterocycles. The summed E-state index contributed by atoms with van der Waals surface area (Å²) in [5.41, 5.74) is 0.734. The predicted octanol–water partition coefficient (Wildman–Crippen LogP) is 2.59. The van der Waals surface area contributed by atoms with Crippen molar-refractivity contribution < 1.29 is 13.9 Å². The number of imidazole rings is 1. The molecule has 0 saturated carbocycles. The number of aromatic nitrogens is 2. The summed E-state index contributed by atoms with van der Waals surface area (Å²) in [5.74, 6) is 0.278. The Morgan fingerprint density at radius 2 is 2.00 bits per heavy atom. The molecule has 0 aliphatic rings. The number of rotatable bonds is 7. The molecular weight excluding hydrogens is 375 g/mol. The van der Waals surface area contributed by atoms with E-state index in [2.05, 4.69) is 25.9 Å². The van der Waals surface area contributed by atoms with E-state index in [0.29, 0.717) is 37.7 Å². The minimum Gasteiger partial charge on any atom is -0.444 e. The maximum Gasteiger partial charge on any atom is 0.407 e. The summed E-state index contributed by atoms with van der Waals surface area (Å²) in [6.45, 7) is 6.99. The van der Waals surface area contributed by atoms with Gasteiger partial charge in [-0.05, 0) is 44.9 Å². The fourth-order valence-electron chi connectivity index (χ4n) is 2.48. The molecule has 29 heavy (non-hydrogen) atoms. The summed E-state index contributed by atoms with van der Waals surface area (Å²) in [7, 11) is 1.66. The van der Waals surface area contributed by atoms with Gasteiger partial charge in [-0.2, -0.15) is 0 Å². The third-order valence-corrected chi connectivity index (χ3v) is 3.79. The molecule has 2 rings (SSSR count). The molecule has 1 aromatic carbocycles. The zero-order valence-electron chi connectivity index (χ0n) is 17.3. The van der Waals surface area contributed by atoms with Gasteiger partial charge in [0.1, 0.15) is 11.4 Å². The second-order valence-electron chi connectivity index (χ2n) is 7.39. The van der Waals surface area contributed by atoms with Crippen LogP contribution >= 0.6 is 0 Å². The largest absolute Gasteiger partial charge is 0.444 e. The Hall–Kier alpha value is -3.10. The molecule has 3 N–H and O–H groups in total. The van der Waals surface area contributed by atoms with E-state index in [-0.39, 0.29) is 5.82 Å². The smallest absolute Gasteiger partial charge is 0.407 e. The van der Waals surface area contributed by atoms with E-state index < -0.39 is 11.7 Å². The van der Waals surface area contributed by atoms with Crippen molar-refractivity contribution in [2.24, 2.45) is 4.99 Å². The first-order valence-electron chi connectivity index (χ1n) is 9.46. The zero-order chi connectivity index (χ0) is 21.3. The number of nitrogens with one attached hydrogen (secondary N) is 3. The van der Waals surface area contributed by atoms with Gasteiger partial charge in [-0.25, -0.2) is 14.2 Å². The third kappa shape index (κ3) is 7.81. The van der Waals surface area contributed by atoms with Gasteiger partial charge in [0.15, 0.2) is 5.96 Å². The van der Waals surface area contributed by atoms with E-state index in [9.17, 15) is 9.18 Å². The van der Waals surface area contributed by atoms with Crippen LogP contribution in [0.5, 0.6) is 0 Å². The number of carbonyl (C=O) groups excluding carboxylic acids is 1. The Balaban J connectivity index is 1.71. The summed E-state index contributed by atoms with van der Waals surface area (Å²) in [6, 6.07) is 5.05. The topological polar surface area (TPSA) is 92.6 Å². The molecule has 8 nitrogen and oxygen atoms in total. The number of alkyl carbamates (subject to hydrolysis) is 1. The number of ether oxygens (including phenoxy) is 1. The van der Waals surface area contributed by atoms with Crippen molar-refractivity contribution in [1.82, 2.24) is 25.5 Å². The lowest BCUT2D eigenvalue weighted by molar-refractivity contribution is 0.0527. The van der Waals surface area contributed by atoms with Crippen LogP contribution in [0.3, 0.4) is 0 Å². The van der Waals surface area contributed by atoms with Crippen molar-refractivity contribution in [3.8, 4) is 5.69 Å². The molecule has 158 valence electrons. The number of benzene rings is 1. The quantitative estimate of drug-likeness (QED) is 0.375. The summed E-state index contributed by atoms with van der Waals surface area (Å²) >= 11 is 0. The van der Waals surface area contributed by atoms with Crippen LogP contribution in [0.4, 0.5) is 9.18 Å². The van der Waals surface area contributed by atoms with E-state index in [0.717, 1.165) is 5.56 Å². The average Bonchev–Trinajstić information content (AvgIpc) is 3.17. The molecule has 0 atom stereocenters. The van der Waals surface area contributed by atoms with Crippen molar-refractivity contribution in [2.75, 3.05) is 20.1 Å². The van der Waals surface area contributed by atoms with Crippen LogP contribution in [0.2, 0.25) is 0 Å². The van der Waals surface area contributed by atoms with Gasteiger partial charge in [0, 0.05) is 39.1 Å². The fraction of sp³-hybridized carbons (Fsp3) is 0.450. The molecular formula is C20H29FN6O2. The fourth-order valence-corrected chi connectivity index (χ4v) is 2.48. The minimum absolute atomic E-state index is 0.321. The minimum atomic E-state index is -0.509. The van der Waals surface area contributed by atoms with Crippen molar-refractivity contribution in [2.45, 2.75) is 39.3 Å². The molecule has 9 heteroatoms. The van der Waals surface area contributed by atoms with Gasteiger partial charge < -0.3 is 25.3 Å². The van der Waals surface area contributed by atoms with Crippen LogP contribution in [0.1, 0.15) is 32.8 Å².